The summed E-state index contributed by atoms with van der Waals surface area (Å²) < 4.78 is 11.6. The highest BCUT2D eigenvalue weighted by Gasteiger charge is 2.61. The number of hydrogen-bond acceptors (Lipinski definition) is 5. The van der Waals surface area contributed by atoms with Gasteiger partial charge < -0.3 is 9.47 Å². The maximum absolute atomic E-state index is 13.6. The van der Waals surface area contributed by atoms with Crippen LogP contribution in [0, 0.1) is 34.5 Å². The van der Waals surface area contributed by atoms with E-state index in [4.69, 9.17) is 9.47 Å². The fourth-order valence-corrected chi connectivity index (χ4v) is 7.05. The largest absolute Gasteiger partial charge is 0.462 e. The molecule has 2 saturated carbocycles. The van der Waals surface area contributed by atoms with Gasteiger partial charge in [-0.3, -0.25) is 14.5 Å². The van der Waals surface area contributed by atoms with Gasteiger partial charge >= 0.3 is 5.97 Å². The Labute approximate surface area is 207 Å². The van der Waals surface area contributed by atoms with E-state index in [1.54, 1.807) is 0 Å². The van der Waals surface area contributed by atoms with E-state index in [0.29, 0.717) is 30.5 Å². The van der Waals surface area contributed by atoms with Crippen molar-refractivity contribution in [3.05, 3.63) is 12.7 Å². The van der Waals surface area contributed by atoms with Crippen LogP contribution in [0.1, 0.15) is 73.1 Å². The van der Waals surface area contributed by atoms with Crippen LogP contribution in [0.5, 0.6) is 0 Å². The van der Waals surface area contributed by atoms with Gasteiger partial charge in [0.05, 0.1) is 19.6 Å². The maximum atomic E-state index is 13.6. The number of carbonyl (C=O) groups excluding carboxylic acids is 2. The summed E-state index contributed by atoms with van der Waals surface area (Å²) in [6.07, 6.45) is 6.67. The van der Waals surface area contributed by atoms with Crippen molar-refractivity contribution < 1.29 is 19.1 Å². The number of ketones is 1. The van der Waals surface area contributed by atoms with Gasteiger partial charge in [-0.15, -0.1) is 19.0 Å². The van der Waals surface area contributed by atoms with E-state index in [9.17, 15) is 9.59 Å². The van der Waals surface area contributed by atoms with E-state index in [-0.39, 0.29) is 47.1 Å². The van der Waals surface area contributed by atoms with Gasteiger partial charge in [-0.2, -0.15) is 0 Å². The highest BCUT2D eigenvalue weighted by molar-refractivity contribution is 5.85. The molecule has 0 aromatic carbocycles. The lowest BCUT2D eigenvalue weighted by atomic mass is 9.44. The zero-order valence-corrected chi connectivity index (χ0v) is 22.3. The zero-order chi connectivity index (χ0) is 23.5. The lowest BCUT2D eigenvalue weighted by Crippen LogP contribution is -2.60. The van der Waals surface area contributed by atoms with Crippen LogP contribution in [-0.2, 0) is 19.1 Å². The topological polar surface area (TPSA) is 55.8 Å². The van der Waals surface area contributed by atoms with E-state index in [2.05, 4.69) is 46.1 Å². The second-order valence-corrected chi connectivity index (χ2v) is 11.5. The van der Waals surface area contributed by atoms with Crippen LogP contribution in [0.4, 0.5) is 0 Å². The minimum Gasteiger partial charge on any atom is -0.462 e. The summed E-state index contributed by atoms with van der Waals surface area (Å²) in [6.45, 7) is 19.0. The number of Topliss-reactive ketones (excluding diaryl/α,β-unsaturated/α-hetero) is 1. The molecule has 0 bridgehead atoms. The Morgan fingerprint density at radius 3 is 2.48 bits per heavy atom. The number of halogens is 1. The third-order valence-corrected chi connectivity index (χ3v) is 8.87. The summed E-state index contributed by atoms with van der Waals surface area (Å²) in [5.74, 6) is 0.994. The van der Waals surface area contributed by atoms with Crippen LogP contribution >= 0.6 is 12.4 Å². The van der Waals surface area contributed by atoms with Crippen molar-refractivity contribution in [2.75, 3.05) is 32.8 Å². The molecular weight excluding hydrogens is 438 g/mol. The fourth-order valence-electron chi connectivity index (χ4n) is 7.05. The second kappa shape index (κ2) is 11.7. The number of rotatable bonds is 8. The highest BCUT2D eigenvalue weighted by atomic mass is 35.5. The number of esters is 1. The lowest BCUT2D eigenvalue weighted by Gasteiger charge is -2.61. The molecule has 0 radical (unpaired) electrons. The molecule has 6 heteroatoms. The first kappa shape index (κ1) is 28.3. The molecule has 0 aromatic heterocycles. The number of nitrogens with zero attached hydrogens (tertiary/aromatic N) is 1. The minimum absolute atomic E-state index is 0. The fraction of sp³-hybridized carbons (Fsp3) is 0.852. The predicted octanol–water partition coefficient (Wildman–Crippen LogP) is 5.31. The van der Waals surface area contributed by atoms with Crippen LogP contribution in [0.25, 0.3) is 0 Å². The first-order chi connectivity index (χ1) is 15.1. The van der Waals surface area contributed by atoms with Crippen LogP contribution in [0.15, 0.2) is 12.7 Å². The maximum Gasteiger partial charge on any atom is 0.307 e. The third kappa shape index (κ3) is 6.21. The molecule has 0 amide bonds. The molecule has 0 aromatic rings. The van der Waals surface area contributed by atoms with Crippen LogP contribution in [0.2, 0.25) is 0 Å². The quantitative estimate of drug-likeness (QED) is 0.345. The van der Waals surface area contributed by atoms with Crippen molar-refractivity contribution in [1.82, 2.24) is 4.90 Å². The number of hydrogen-bond donors (Lipinski definition) is 0. The molecule has 0 N–H and O–H groups in total. The van der Waals surface area contributed by atoms with E-state index in [0.717, 1.165) is 58.5 Å². The van der Waals surface area contributed by atoms with Gasteiger partial charge in [-0.05, 0) is 48.9 Å². The summed E-state index contributed by atoms with van der Waals surface area (Å²) in [5.41, 5.74) is -0.166. The molecule has 33 heavy (non-hydrogen) atoms. The van der Waals surface area contributed by atoms with Crippen molar-refractivity contribution in [2.45, 2.75) is 79.2 Å². The number of morpholine rings is 1. The highest BCUT2D eigenvalue weighted by Crippen LogP contribution is 2.62. The van der Waals surface area contributed by atoms with E-state index >= 15 is 0 Å². The Morgan fingerprint density at radius 1 is 1.18 bits per heavy atom. The molecule has 6 atom stereocenters. The molecule has 3 fully saturated rings. The van der Waals surface area contributed by atoms with E-state index in [1.807, 2.05) is 6.08 Å². The zero-order valence-electron chi connectivity index (χ0n) is 21.4. The first-order valence-corrected chi connectivity index (χ1v) is 12.7. The third-order valence-electron chi connectivity index (χ3n) is 8.87. The van der Waals surface area contributed by atoms with Crippen LogP contribution in [0.3, 0.4) is 0 Å². The average Bonchev–Trinajstić information content (AvgIpc) is 2.74. The van der Waals surface area contributed by atoms with Gasteiger partial charge in [0.25, 0.3) is 0 Å². The summed E-state index contributed by atoms with van der Waals surface area (Å²) in [5, 5.41) is 0. The van der Waals surface area contributed by atoms with E-state index in [1.165, 1.54) is 0 Å². The van der Waals surface area contributed by atoms with Gasteiger partial charge in [0.15, 0.2) is 0 Å². The summed E-state index contributed by atoms with van der Waals surface area (Å²) in [7, 11) is 0. The second-order valence-electron chi connectivity index (χ2n) is 11.5. The molecule has 1 saturated heterocycles. The molecule has 2 aliphatic carbocycles. The monoisotopic (exact) mass is 483 g/mol. The van der Waals surface area contributed by atoms with Gasteiger partial charge in [-0.25, -0.2) is 0 Å². The number of ether oxygens (including phenoxy) is 2. The van der Waals surface area contributed by atoms with Gasteiger partial charge in [0, 0.05) is 37.4 Å². The SMILES string of the molecule is C=C[C@@H](C)CC(=O)[C@H]1[C@@H](C)CC[C@H]2C(C)(C)CCC(OC(=O)CCN3CCOCC3)[C@]12C.Cl. The Hall–Kier alpha value is -0.910. The van der Waals surface area contributed by atoms with Gasteiger partial charge in [-0.1, -0.05) is 40.7 Å². The first-order valence-electron chi connectivity index (χ1n) is 12.7. The molecule has 3 aliphatic rings. The number of fused-ring (bicyclic) bond motifs is 1. The molecule has 5 nitrogen and oxygen atoms in total. The van der Waals surface area contributed by atoms with Crippen molar-refractivity contribution >= 4 is 24.2 Å². The predicted molar refractivity (Wildman–Crippen MR) is 134 cm³/mol. The lowest BCUT2D eigenvalue weighted by molar-refractivity contribution is -0.197. The molecule has 1 heterocycles. The molecular formula is C27H46ClNO4. The summed E-state index contributed by atoms with van der Waals surface area (Å²) in [4.78, 5) is 28.8. The smallest absolute Gasteiger partial charge is 0.307 e. The molecule has 1 aliphatic heterocycles. The Balaban J connectivity index is 0.00000385. The molecule has 0 spiro atoms. The van der Waals surface area contributed by atoms with Crippen molar-refractivity contribution in [3.8, 4) is 0 Å². The Morgan fingerprint density at radius 2 is 1.85 bits per heavy atom. The van der Waals surface area contributed by atoms with Gasteiger partial charge in [0.1, 0.15) is 11.9 Å². The van der Waals surface area contributed by atoms with Crippen LogP contribution in [-0.4, -0.2) is 55.6 Å². The van der Waals surface area contributed by atoms with Crippen molar-refractivity contribution in [3.63, 3.8) is 0 Å². The normalized spacial score (nSPS) is 34.9. The average molecular weight is 484 g/mol. The Bertz CT molecular complexity index is 690. The minimum atomic E-state index is -0.313. The standard InChI is InChI=1S/C27H45NO4.ClH/c1-7-19(2)18-21(29)25-20(3)8-9-22-26(4,5)12-10-23(27(22,25)6)32-24(30)11-13-28-14-16-31-17-15-28;/h7,19-20,22-23,25H,1,8-18H2,2-6H3;1H/t19-,20+,22+,23?,25-,27-;/m1./s1. The van der Waals surface area contributed by atoms with E-state index < -0.39 is 0 Å². The van der Waals surface area contributed by atoms with Crippen LogP contribution < -0.4 is 0 Å². The molecule has 1 unspecified atom stereocenters. The number of carbonyl (C=O) groups is 2. The van der Waals surface area contributed by atoms with Gasteiger partial charge in [0.2, 0.25) is 0 Å². The molecule has 190 valence electrons. The van der Waals surface area contributed by atoms with Crippen molar-refractivity contribution in [1.29, 1.82) is 0 Å². The number of allylic oxidation sites excluding steroid dienone is 1. The summed E-state index contributed by atoms with van der Waals surface area (Å²) >= 11 is 0. The molecule has 3 rings (SSSR count). The summed E-state index contributed by atoms with van der Waals surface area (Å²) in [6, 6.07) is 0. The Kier molecular flexibility index (Phi) is 10.0. The van der Waals surface area contributed by atoms with Crippen molar-refractivity contribution in [2.24, 2.45) is 34.5 Å².